The second kappa shape index (κ2) is 9.30. The number of nitrogens with zero attached hydrogens (tertiary/aromatic N) is 3. The molecule has 2 rings (SSSR count). The minimum Gasteiger partial charge on any atom is -0.378 e. The van der Waals surface area contributed by atoms with Gasteiger partial charge in [0.15, 0.2) is 5.96 Å². The maximum atomic E-state index is 11.8. The molecule has 1 heterocycles. The molecule has 1 amide bonds. The van der Waals surface area contributed by atoms with Gasteiger partial charge in [-0.3, -0.25) is 4.79 Å². The Labute approximate surface area is 151 Å². The Bertz CT molecular complexity index is 582. The van der Waals surface area contributed by atoms with Crippen molar-refractivity contribution in [3.8, 4) is 0 Å². The predicted octanol–water partition coefficient (Wildman–Crippen LogP) is 1.82. The summed E-state index contributed by atoms with van der Waals surface area (Å²) < 4.78 is 0. The highest BCUT2D eigenvalue weighted by Gasteiger charge is 2.25. The van der Waals surface area contributed by atoms with Crippen LogP contribution < -0.4 is 15.5 Å². The van der Waals surface area contributed by atoms with Crippen LogP contribution in [0.1, 0.15) is 32.3 Å². The Balaban J connectivity index is 1.93. The van der Waals surface area contributed by atoms with Gasteiger partial charge in [0.25, 0.3) is 0 Å². The maximum Gasteiger partial charge on any atom is 0.222 e. The summed E-state index contributed by atoms with van der Waals surface area (Å²) in [5.74, 6) is 1.04. The Kier molecular flexibility index (Phi) is 7.10. The van der Waals surface area contributed by atoms with E-state index in [2.05, 4.69) is 51.7 Å². The van der Waals surface area contributed by atoms with Crippen LogP contribution >= 0.6 is 0 Å². The zero-order valence-corrected chi connectivity index (χ0v) is 15.9. The molecule has 1 aromatic carbocycles. The molecule has 1 unspecified atom stereocenters. The number of nitrogens with one attached hydrogen (secondary N) is 2. The first-order valence-corrected chi connectivity index (χ1v) is 9.12. The second-order valence-corrected chi connectivity index (χ2v) is 6.58. The van der Waals surface area contributed by atoms with Crippen LogP contribution in [0.2, 0.25) is 0 Å². The molecule has 0 aliphatic carbocycles. The lowest BCUT2D eigenvalue weighted by Gasteiger charge is -2.18. The van der Waals surface area contributed by atoms with Gasteiger partial charge in [0, 0.05) is 51.9 Å². The van der Waals surface area contributed by atoms with Crippen LogP contribution in [0.15, 0.2) is 29.3 Å². The quantitative estimate of drug-likeness (QED) is 0.610. The summed E-state index contributed by atoms with van der Waals surface area (Å²) in [6.45, 7) is 7.01. The minimum atomic E-state index is 0.229. The monoisotopic (exact) mass is 345 g/mol. The van der Waals surface area contributed by atoms with Crippen molar-refractivity contribution >= 4 is 17.6 Å². The molecule has 0 spiro atoms. The zero-order chi connectivity index (χ0) is 18.2. The first-order chi connectivity index (χ1) is 12.0. The molecule has 1 aliphatic rings. The van der Waals surface area contributed by atoms with Crippen molar-refractivity contribution in [1.29, 1.82) is 0 Å². The van der Waals surface area contributed by atoms with Crippen molar-refractivity contribution in [3.05, 3.63) is 29.8 Å². The van der Waals surface area contributed by atoms with Crippen LogP contribution in [0, 0.1) is 0 Å². The number of carbonyl (C=O) groups excluding carboxylic acids is 1. The van der Waals surface area contributed by atoms with Crippen LogP contribution in [0.4, 0.5) is 5.69 Å². The van der Waals surface area contributed by atoms with Gasteiger partial charge in [-0.05, 0) is 31.0 Å². The highest BCUT2D eigenvalue weighted by Crippen LogP contribution is 2.13. The number of likely N-dealkylation sites (tertiary alicyclic amines) is 1. The lowest BCUT2D eigenvalue weighted by atomic mass is 10.2. The van der Waals surface area contributed by atoms with Crippen LogP contribution in [0.5, 0.6) is 0 Å². The van der Waals surface area contributed by atoms with Gasteiger partial charge in [0.05, 0.1) is 6.54 Å². The predicted molar refractivity (Wildman–Crippen MR) is 104 cm³/mol. The van der Waals surface area contributed by atoms with Gasteiger partial charge in [-0.2, -0.15) is 0 Å². The van der Waals surface area contributed by atoms with Crippen molar-refractivity contribution in [1.82, 2.24) is 15.5 Å². The lowest BCUT2D eigenvalue weighted by molar-refractivity contribution is -0.129. The number of benzene rings is 1. The van der Waals surface area contributed by atoms with Crippen molar-refractivity contribution < 1.29 is 4.79 Å². The topological polar surface area (TPSA) is 60.0 Å². The second-order valence-electron chi connectivity index (χ2n) is 6.58. The van der Waals surface area contributed by atoms with Gasteiger partial charge in [0.2, 0.25) is 5.91 Å². The molecule has 6 nitrogen and oxygen atoms in total. The summed E-state index contributed by atoms with van der Waals surface area (Å²) in [4.78, 5) is 20.5. The Morgan fingerprint density at radius 1 is 1.28 bits per heavy atom. The summed E-state index contributed by atoms with van der Waals surface area (Å²) in [6.07, 6.45) is 1.54. The standard InChI is InChI=1S/C19H31N5O/c1-5-18(25)24-12-11-16(14-24)22-19(20-6-2)21-13-15-7-9-17(10-8-15)23(3)4/h7-10,16H,5-6,11-14H2,1-4H3,(H2,20,21,22). The molecule has 138 valence electrons. The number of hydrogen-bond donors (Lipinski definition) is 2. The van der Waals surface area contributed by atoms with E-state index < -0.39 is 0 Å². The molecule has 1 fully saturated rings. The van der Waals surface area contributed by atoms with Gasteiger partial charge >= 0.3 is 0 Å². The molecule has 0 saturated carbocycles. The van der Waals surface area contributed by atoms with E-state index in [0.29, 0.717) is 13.0 Å². The lowest BCUT2D eigenvalue weighted by Crippen LogP contribution is -2.45. The molecule has 0 bridgehead atoms. The average Bonchev–Trinajstić information content (AvgIpc) is 3.08. The summed E-state index contributed by atoms with van der Waals surface area (Å²) in [5.41, 5.74) is 2.36. The van der Waals surface area contributed by atoms with E-state index in [-0.39, 0.29) is 11.9 Å². The molecule has 0 radical (unpaired) electrons. The first-order valence-electron chi connectivity index (χ1n) is 9.12. The van der Waals surface area contributed by atoms with Crippen LogP contribution in [0.3, 0.4) is 0 Å². The fraction of sp³-hybridized carbons (Fsp3) is 0.579. The normalized spacial score (nSPS) is 17.5. The Morgan fingerprint density at radius 3 is 2.60 bits per heavy atom. The molecule has 1 atom stereocenters. The molecule has 2 N–H and O–H groups in total. The van der Waals surface area contributed by atoms with E-state index >= 15 is 0 Å². The van der Waals surface area contributed by atoms with Gasteiger partial charge in [-0.25, -0.2) is 4.99 Å². The van der Waals surface area contributed by atoms with Crippen molar-refractivity contribution in [2.75, 3.05) is 38.6 Å². The third-order valence-electron chi connectivity index (χ3n) is 4.40. The molecular formula is C19H31N5O. The van der Waals surface area contributed by atoms with Crippen LogP contribution in [0.25, 0.3) is 0 Å². The van der Waals surface area contributed by atoms with E-state index in [1.54, 1.807) is 0 Å². The van der Waals surface area contributed by atoms with Crippen molar-refractivity contribution in [2.24, 2.45) is 4.99 Å². The number of aliphatic imine (C=N–C) groups is 1. The third-order valence-corrected chi connectivity index (χ3v) is 4.40. The molecule has 0 aromatic heterocycles. The molecule has 1 saturated heterocycles. The molecular weight excluding hydrogens is 314 g/mol. The number of amides is 1. The summed E-state index contributed by atoms with van der Waals surface area (Å²) >= 11 is 0. The summed E-state index contributed by atoms with van der Waals surface area (Å²) in [7, 11) is 4.07. The van der Waals surface area contributed by atoms with E-state index in [1.807, 2.05) is 25.9 Å². The van der Waals surface area contributed by atoms with Gasteiger partial charge in [0.1, 0.15) is 0 Å². The largest absolute Gasteiger partial charge is 0.378 e. The van der Waals surface area contributed by atoms with Gasteiger partial charge in [-0.1, -0.05) is 19.1 Å². The van der Waals surface area contributed by atoms with Gasteiger partial charge in [-0.15, -0.1) is 0 Å². The Morgan fingerprint density at radius 2 is 2.00 bits per heavy atom. The van der Waals surface area contributed by atoms with Crippen LogP contribution in [-0.2, 0) is 11.3 Å². The highest BCUT2D eigenvalue weighted by atomic mass is 16.2. The molecule has 25 heavy (non-hydrogen) atoms. The molecule has 1 aromatic rings. The number of guanidine groups is 1. The SMILES string of the molecule is CCNC(=NCc1ccc(N(C)C)cc1)NC1CCN(C(=O)CC)C1. The van der Waals surface area contributed by atoms with E-state index in [1.165, 1.54) is 11.3 Å². The molecule has 1 aliphatic heterocycles. The highest BCUT2D eigenvalue weighted by molar-refractivity contribution is 5.80. The number of anilines is 1. The number of carbonyl (C=O) groups is 1. The number of hydrogen-bond acceptors (Lipinski definition) is 3. The summed E-state index contributed by atoms with van der Waals surface area (Å²) in [5, 5.41) is 6.76. The van der Waals surface area contributed by atoms with E-state index in [9.17, 15) is 4.79 Å². The average molecular weight is 345 g/mol. The first kappa shape index (κ1) is 19.1. The fourth-order valence-corrected chi connectivity index (χ4v) is 2.91. The Hall–Kier alpha value is -2.24. The smallest absolute Gasteiger partial charge is 0.222 e. The summed E-state index contributed by atoms with van der Waals surface area (Å²) in [6, 6.07) is 8.70. The van der Waals surface area contributed by atoms with Crippen LogP contribution in [-0.4, -0.2) is 56.5 Å². The van der Waals surface area contributed by atoms with E-state index in [0.717, 1.165) is 32.0 Å². The van der Waals surface area contributed by atoms with E-state index in [4.69, 9.17) is 0 Å². The minimum absolute atomic E-state index is 0.229. The van der Waals surface area contributed by atoms with Gasteiger partial charge < -0.3 is 20.4 Å². The van der Waals surface area contributed by atoms with Crippen molar-refractivity contribution in [2.45, 2.75) is 39.3 Å². The zero-order valence-electron chi connectivity index (χ0n) is 15.9. The fourth-order valence-electron chi connectivity index (χ4n) is 2.91. The number of rotatable bonds is 6. The van der Waals surface area contributed by atoms with Crippen molar-refractivity contribution in [3.63, 3.8) is 0 Å². The molecule has 6 heteroatoms. The third kappa shape index (κ3) is 5.66. The maximum absolute atomic E-state index is 11.8.